The maximum Gasteiger partial charge on any atom is 0.238 e. The van der Waals surface area contributed by atoms with Crippen molar-refractivity contribution in [2.45, 2.75) is 4.90 Å². The summed E-state index contributed by atoms with van der Waals surface area (Å²) in [6.07, 6.45) is 2.80. The van der Waals surface area contributed by atoms with Crippen molar-refractivity contribution >= 4 is 32.5 Å². The Bertz CT molecular complexity index is 985. The lowest BCUT2D eigenvalue weighted by atomic mass is 10.2. The van der Waals surface area contributed by atoms with Gasteiger partial charge in [-0.2, -0.15) is 0 Å². The minimum Gasteiger partial charge on any atom is -0.453 e. The lowest BCUT2D eigenvalue weighted by Crippen LogP contribution is -2.11. The first kappa shape index (κ1) is 16.0. The summed E-state index contributed by atoms with van der Waals surface area (Å²) in [5, 5.41) is 8.77. The van der Waals surface area contributed by atoms with Crippen LogP contribution in [0.3, 0.4) is 0 Å². The minimum absolute atomic E-state index is 0.0235. The molecule has 1 heterocycles. The number of anilines is 1. The number of furan rings is 1. The number of benzene rings is 2. The number of hydrogen-bond donors (Lipinski definition) is 2. The fourth-order valence-electron chi connectivity index (χ4n) is 2.14. The number of sulfonamides is 1. The molecule has 24 heavy (non-hydrogen) atoms. The molecule has 0 amide bonds. The Morgan fingerprint density at radius 1 is 1.08 bits per heavy atom. The highest BCUT2D eigenvalue weighted by Gasteiger charge is 2.09. The van der Waals surface area contributed by atoms with Crippen molar-refractivity contribution in [2.24, 2.45) is 5.14 Å². The average molecular weight is 342 g/mol. The van der Waals surface area contributed by atoms with Crippen molar-refractivity contribution in [3.63, 3.8) is 0 Å². The summed E-state index contributed by atoms with van der Waals surface area (Å²) < 4.78 is 27.8. The Kier molecular flexibility index (Phi) is 4.20. The van der Waals surface area contributed by atoms with E-state index < -0.39 is 10.0 Å². The van der Waals surface area contributed by atoms with Gasteiger partial charge in [0, 0.05) is 23.3 Å². The molecule has 3 N–H and O–H groups in total. The summed E-state index contributed by atoms with van der Waals surface area (Å²) in [5.41, 5.74) is 1.27. The molecular formula is C17H14N2O4S. The number of hydrogen-bond acceptors (Lipinski definition) is 5. The number of nitrogens with one attached hydrogen (secondary N) is 1. The molecule has 7 heteroatoms. The fourth-order valence-corrected chi connectivity index (χ4v) is 2.66. The Hall–Kier alpha value is -2.90. The van der Waals surface area contributed by atoms with Gasteiger partial charge in [-0.05, 0) is 36.4 Å². The zero-order valence-corrected chi connectivity index (χ0v) is 13.3. The highest BCUT2D eigenvalue weighted by Crippen LogP contribution is 2.19. The molecule has 122 valence electrons. The molecule has 0 unspecified atom stereocenters. The molecule has 0 radical (unpaired) electrons. The maximum atomic E-state index is 12.1. The Balaban J connectivity index is 1.68. The quantitative estimate of drug-likeness (QED) is 0.548. The monoisotopic (exact) mass is 342 g/mol. The van der Waals surface area contributed by atoms with E-state index in [0.29, 0.717) is 11.3 Å². The number of carbonyl (C=O) groups excluding carboxylic acids is 1. The fraction of sp³-hybridized carbons (Fsp3) is 0. The lowest BCUT2D eigenvalue weighted by Gasteiger charge is -2.02. The standard InChI is InChI=1S/C17H14N2O4S/c18-24(21,22)14-7-5-13(6-8-14)19-10-9-15(20)17-11-12-3-1-2-4-16(12)23-17/h1-11,19H,(H2,18,21,22)/b10-9+. The first-order valence-electron chi connectivity index (χ1n) is 7.02. The zero-order valence-electron chi connectivity index (χ0n) is 12.5. The van der Waals surface area contributed by atoms with E-state index in [1.165, 1.54) is 24.4 Å². The molecular weight excluding hydrogens is 328 g/mol. The van der Waals surface area contributed by atoms with Crippen molar-refractivity contribution < 1.29 is 17.6 Å². The number of carbonyl (C=O) groups is 1. The summed E-state index contributed by atoms with van der Waals surface area (Å²) in [7, 11) is -3.71. The third-order valence-corrected chi connectivity index (χ3v) is 4.27. The van der Waals surface area contributed by atoms with Crippen LogP contribution in [0.15, 0.2) is 76.2 Å². The first-order valence-corrected chi connectivity index (χ1v) is 8.57. The van der Waals surface area contributed by atoms with Crippen LogP contribution >= 0.6 is 0 Å². The van der Waals surface area contributed by atoms with Crippen molar-refractivity contribution in [2.75, 3.05) is 5.32 Å². The molecule has 0 saturated carbocycles. The molecule has 0 bridgehead atoms. The number of para-hydroxylation sites is 1. The number of primary sulfonamides is 1. The van der Waals surface area contributed by atoms with Gasteiger partial charge < -0.3 is 9.73 Å². The van der Waals surface area contributed by atoms with Crippen LogP contribution in [0.2, 0.25) is 0 Å². The van der Waals surface area contributed by atoms with Crippen LogP contribution in [0, 0.1) is 0 Å². The smallest absolute Gasteiger partial charge is 0.238 e. The van der Waals surface area contributed by atoms with E-state index in [2.05, 4.69) is 5.32 Å². The van der Waals surface area contributed by atoms with Gasteiger partial charge in [-0.25, -0.2) is 13.6 Å². The van der Waals surface area contributed by atoms with Gasteiger partial charge in [-0.1, -0.05) is 18.2 Å². The van der Waals surface area contributed by atoms with Gasteiger partial charge in [0.1, 0.15) is 5.58 Å². The molecule has 0 aliphatic heterocycles. The largest absolute Gasteiger partial charge is 0.453 e. The van der Waals surface area contributed by atoms with Gasteiger partial charge in [0.25, 0.3) is 0 Å². The van der Waals surface area contributed by atoms with Crippen molar-refractivity contribution in [1.82, 2.24) is 0 Å². The predicted molar refractivity (Wildman–Crippen MR) is 91.1 cm³/mol. The number of allylic oxidation sites excluding steroid dienone is 1. The van der Waals surface area contributed by atoms with Gasteiger partial charge in [0.2, 0.25) is 15.8 Å². The molecule has 1 aromatic heterocycles. The molecule has 6 nitrogen and oxygen atoms in total. The van der Waals surface area contributed by atoms with Crippen LogP contribution in [-0.2, 0) is 10.0 Å². The molecule has 0 saturated heterocycles. The van der Waals surface area contributed by atoms with Gasteiger partial charge in [-0.15, -0.1) is 0 Å². The Morgan fingerprint density at radius 2 is 1.79 bits per heavy atom. The van der Waals surface area contributed by atoms with E-state index in [-0.39, 0.29) is 16.4 Å². The maximum absolute atomic E-state index is 12.1. The van der Waals surface area contributed by atoms with E-state index in [1.54, 1.807) is 24.3 Å². The molecule has 0 aliphatic rings. The van der Waals surface area contributed by atoms with Crippen LogP contribution in [-0.4, -0.2) is 14.2 Å². The number of nitrogens with two attached hydrogens (primary N) is 1. The predicted octanol–water partition coefficient (Wildman–Crippen LogP) is 2.89. The SMILES string of the molecule is NS(=O)(=O)c1ccc(N/C=C/C(=O)c2cc3ccccc3o2)cc1. The lowest BCUT2D eigenvalue weighted by molar-refractivity contribution is 0.102. The van der Waals surface area contributed by atoms with Crippen molar-refractivity contribution in [3.05, 3.63) is 72.6 Å². The van der Waals surface area contributed by atoms with E-state index in [0.717, 1.165) is 5.39 Å². The van der Waals surface area contributed by atoms with Crippen LogP contribution < -0.4 is 10.5 Å². The number of ketones is 1. The van der Waals surface area contributed by atoms with Crippen LogP contribution in [0.1, 0.15) is 10.6 Å². The molecule has 0 fully saturated rings. The summed E-state index contributed by atoms with van der Waals surface area (Å²) >= 11 is 0. The normalized spacial score (nSPS) is 11.9. The van der Waals surface area contributed by atoms with E-state index in [1.807, 2.05) is 18.2 Å². The summed E-state index contributed by atoms with van der Waals surface area (Å²) in [5.74, 6) is -0.0290. The molecule has 2 aromatic carbocycles. The molecule has 0 aliphatic carbocycles. The zero-order chi connectivity index (χ0) is 17.2. The van der Waals surface area contributed by atoms with Gasteiger partial charge >= 0.3 is 0 Å². The topological polar surface area (TPSA) is 102 Å². The summed E-state index contributed by atoms with van der Waals surface area (Å²) in [4.78, 5) is 12.1. The Labute approximate surface area is 138 Å². The molecule has 3 rings (SSSR count). The highest BCUT2D eigenvalue weighted by molar-refractivity contribution is 7.89. The van der Waals surface area contributed by atoms with Gasteiger partial charge in [0.05, 0.1) is 4.90 Å². The van der Waals surface area contributed by atoms with E-state index >= 15 is 0 Å². The molecule has 0 spiro atoms. The second-order valence-electron chi connectivity index (χ2n) is 5.06. The summed E-state index contributed by atoms with van der Waals surface area (Å²) in [6, 6.07) is 14.9. The number of fused-ring (bicyclic) bond motifs is 1. The Morgan fingerprint density at radius 3 is 2.46 bits per heavy atom. The average Bonchev–Trinajstić information content (AvgIpc) is 2.98. The summed E-state index contributed by atoms with van der Waals surface area (Å²) in [6.45, 7) is 0. The van der Waals surface area contributed by atoms with Gasteiger partial charge in [-0.3, -0.25) is 4.79 Å². The van der Waals surface area contributed by atoms with Crippen molar-refractivity contribution in [3.8, 4) is 0 Å². The van der Waals surface area contributed by atoms with Crippen LogP contribution in [0.5, 0.6) is 0 Å². The van der Waals surface area contributed by atoms with Crippen LogP contribution in [0.4, 0.5) is 5.69 Å². The third-order valence-electron chi connectivity index (χ3n) is 3.34. The highest BCUT2D eigenvalue weighted by atomic mass is 32.2. The number of rotatable bonds is 5. The van der Waals surface area contributed by atoms with Crippen molar-refractivity contribution in [1.29, 1.82) is 0 Å². The second kappa shape index (κ2) is 6.31. The van der Waals surface area contributed by atoms with Gasteiger partial charge in [0.15, 0.2) is 5.76 Å². The second-order valence-corrected chi connectivity index (χ2v) is 6.62. The first-order chi connectivity index (χ1) is 11.4. The van der Waals surface area contributed by atoms with Crippen LogP contribution in [0.25, 0.3) is 11.0 Å². The van der Waals surface area contributed by atoms with E-state index in [9.17, 15) is 13.2 Å². The third kappa shape index (κ3) is 3.53. The van der Waals surface area contributed by atoms with E-state index in [4.69, 9.17) is 9.56 Å². The minimum atomic E-state index is -3.71. The molecule has 0 atom stereocenters. The molecule has 3 aromatic rings.